The highest BCUT2D eigenvalue weighted by Gasteiger charge is 2.58. The summed E-state index contributed by atoms with van der Waals surface area (Å²) in [6.07, 6.45) is 8.56. The van der Waals surface area contributed by atoms with Gasteiger partial charge in [-0.15, -0.1) is 26.6 Å². The van der Waals surface area contributed by atoms with Crippen molar-refractivity contribution in [3.8, 4) is 16.8 Å². The lowest BCUT2D eigenvalue weighted by molar-refractivity contribution is 0.0888. The molecule has 10 rings (SSSR count). The number of nitrogens with one attached hydrogen (secondary N) is 1. The molecular formula is C47H48ClN11O3S. The van der Waals surface area contributed by atoms with Crippen LogP contribution in [0.2, 0.25) is 5.02 Å². The van der Waals surface area contributed by atoms with Crippen molar-refractivity contribution in [1.29, 1.82) is 5.26 Å². The quantitative estimate of drug-likeness (QED) is 0.149. The number of amides is 1. The number of hydrogen-bond acceptors (Lipinski definition) is 13. The first-order valence-corrected chi connectivity index (χ1v) is 22.7. The van der Waals surface area contributed by atoms with Crippen LogP contribution in [0.25, 0.3) is 5.00 Å². The topological polar surface area (TPSA) is 163 Å². The van der Waals surface area contributed by atoms with E-state index in [1.165, 1.54) is 16.1 Å². The van der Waals surface area contributed by atoms with E-state index in [-0.39, 0.29) is 34.9 Å². The van der Waals surface area contributed by atoms with Gasteiger partial charge in [0.05, 0.1) is 46.9 Å². The Kier molecular flexibility index (Phi) is 10.3. The molecule has 322 valence electrons. The van der Waals surface area contributed by atoms with Crippen LogP contribution >= 0.6 is 22.9 Å². The Hall–Kier alpha value is -6.11. The average molecular weight is 882 g/mol. The number of oxazole rings is 1. The van der Waals surface area contributed by atoms with Gasteiger partial charge in [0.15, 0.2) is 17.4 Å². The molecule has 14 nitrogen and oxygen atoms in total. The van der Waals surface area contributed by atoms with Crippen molar-refractivity contribution >= 4 is 45.9 Å². The number of fused-ring (bicyclic) bond motifs is 4. The van der Waals surface area contributed by atoms with Crippen molar-refractivity contribution in [1.82, 2.24) is 35.3 Å². The molecule has 4 aromatic heterocycles. The van der Waals surface area contributed by atoms with Crippen LogP contribution in [-0.4, -0.2) is 79.9 Å². The normalized spacial score (nSPS) is 24.0. The minimum absolute atomic E-state index is 0.00529. The lowest BCUT2D eigenvalue weighted by Gasteiger charge is -2.30. The number of rotatable bonds is 9. The Labute approximate surface area is 375 Å². The largest absolute Gasteiger partial charge is 0.490 e. The first kappa shape index (κ1) is 40.9. The molecule has 0 unspecified atom stereocenters. The zero-order chi connectivity index (χ0) is 43.6. The molecule has 1 saturated carbocycles. The van der Waals surface area contributed by atoms with Crippen LogP contribution in [0.3, 0.4) is 0 Å². The Bertz CT molecular complexity index is 2770. The highest BCUT2D eigenvalue weighted by Crippen LogP contribution is 2.53. The summed E-state index contributed by atoms with van der Waals surface area (Å²) < 4.78 is 14.0. The maximum atomic E-state index is 13.9. The molecule has 16 heteroatoms. The number of carbonyl (C=O) groups excluding carboxylic acids is 1. The van der Waals surface area contributed by atoms with Gasteiger partial charge in [0.1, 0.15) is 34.9 Å². The van der Waals surface area contributed by atoms with E-state index in [0.29, 0.717) is 34.3 Å². The van der Waals surface area contributed by atoms with Gasteiger partial charge in [-0.3, -0.25) is 14.4 Å². The number of benzene rings is 2. The molecular weight excluding hydrogens is 834 g/mol. The number of anilines is 2. The molecule has 1 N–H and O–H groups in total. The van der Waals surface area contributed by atoms with Crippen molar-refractivity contribution in [2.45, 2.75) is 84.9 Å². The van der Waals surface area contributed by atoms with Crippen molar-refractivity contribution < 1.29 is 13.9 Å². The van der Waals surface area contributed by atoms with Gasteiger partial charge in [-0.25, -0.2) is 4.98 Å². The summed E-state index contributed by atoms with van der Waals surface area (Å²) in [7, 11) is 0. The lowest BCUT2D eigenvalue weighted by Crippen LogP contribution is -2.41. The van der Waals surface area contributed by atoms with E-state index in [2.05, 4.69) is 103 Å². The monoisotopic (exact) mass is 881 g/mol. The molecule has 1 amide bonds. The molecule has 0 spiro atoms. The number of aliphatic imine (C=N–C) groups is 1. The zero-order valence-corrected chi connectivity index (χ0v) is 37.5. The Morgan fingerprint density at radius 1 is 0.968 bits per heavy atom. The van der Waals surface area contributed by atoms with Crippen LogP contribution in [0.4, 0.5) is 11.4 Å². The molecule has 4 aliphatic rings. The second-order valence-electron chi connectivity index (χ2n) is 18.0. The molecule has 7 heterocycles. The number of thiophene rings is 1. The third-order valence-electron chi connectivity index (χ3n) is 13.8. The first-order valence-electron chi connectivity index (χ1n) is 21.5. The molecule has 3 fully saturated rings. The molecule has 3 atom stereocenters. The highest BCUT2D eigenvalue weighted by atomic mass is 35.5. The number of nitrogens with zero attached hydrogens (tertiary/aromatic N) is 10. The number of aromatic nitrogens is 6. The van der Waals surface area contributed by atoms with Gasteiger partial charge in [-0.2, -0.15) is 10.4 Å². The van der Waals surface area contributed by atoms with Crippen LogP contribution in [-0.2, 0) is 6.42 Å². The average Bonchev–Trinajstić information content (AvgIpc) is 4.07. The fourth-order valence-corrected chi connectivity index (χ4v) is 11.5. The summed E-state index contributed by atoms with van der Waals surface area (Å²) in [5.74, 6) is 2.67. The van der Waals surface area contributed by atoms with Crippen LogP contribution in [0, 0.1) is 42.9 Å². The predicted octanol–water partition coefficient (Wildman–Crippen LogP) is 8.16. The van der Waals surface area contributed by atoms with Gasteiger partial charge >= 0.3 is 0 Å². The second kappa shape index (κ2) is 15.9. The third kappa shape index (κ3) is 7.32. The second-order valence-corrected chi connectivity index (χ2v) is 19.6. The summed E-state index contributed by atoms with van der Waals surface area (Å²) in [5, 5.41) is 31.5. The SMILES string of the molecule is Cc1sc2c(c1C)C(c1ccc(N3C[C@@]4(C)CN(c5ccnnc5C(=O)NC5CCC(Oc6ccc(C#N)c(Cl)c6)CC5)C[C@@]4(C)C3)cc1)=N[C@@H](Cc1ncco1)c1nnc(C)n1-2. The van der Waals surface area contributed by atoms with Gasteiger partial charge in [0.2, 0.25) is 0 Å². The maximum Gasteiger partial charge on any atom is 0.274 e. The molecule has 1 aliphatic carbocycles. The zero-order valence-electron chi connectivity index (χ0n) is 35.9. The molecule has 63 heavy (non-hydrogen) atoms. The number of nitriles is 1. The van der Waals surface area contributed by atoms with E-state index in [0.717, 1.165) is 91.0 Å². The van der Waals surface area contributed by atoms with Gasteiger partial charge in [-0.05, 0) is 82.3 Å². The van der Waals surface area contributed by atoms with Crippen LogP contribution in [0.15, 0.2) is 76.6 Å². The van der Waals surface area contributed by atoms with Gasteiger partial charge < -0.3 is 24.3 Å². The van der Waals surface area contributed by atoms with Gasteiger partial charge in [0, 0.05) is 70.8 Å². The molecule has 0 bridgehead atoms. The van der Waals surface area contributed by atoms with Crippen molar-refractivity contribution in [2.24, 2.45) is 15.8 Å². The number of hydrogen-bond donors (Lipinski definition) is 1. The fourth-order valence-electron chi connectivity index (χ4n) is 10.1. The minimum atomic E-state index is -0.329. The standard InChI is InChI=1S/C47H48ClN11O3S/c1-27-28(2)63-45-40(27)41(53-37(21-39-50-18-19-61-39)43-56-54-29(3)59(43)45)30-6-11-33(12-7-30)57-23-46(4)25-58(26-47(46,5)24-57)38-16-17-51-55-42(38)44(60)52-32-9-14-34(15-10-32)62-35-13-8-31(22-49)36(48)20-35/h6-8,11-13,16-20,32,34,37H,9-10,14-15,21,23-26H2,1-5H3,(H,52,60)/t32?,34?,37-,46-,47+/m0/s1. The smallest absolute Gasteiger partial charge is 0.274 e. The summed E-state index contributed by atoms with van der Waals surface area (Å²) in [5.41, 5.74) is 6.98. The number of aryl methyl sites for hydroxylation is 2. The van der Waals surface area contributed by atoms with Crippen LogP contribution in [0.1, 0.15) is 101 Å². The van der Waals surface area contributed by atoms with E-state index in [1.807, 2.05) is 13.0 Å². The van der Waals surface area contributed by atoms with Crippen LogP contribution < -0.4 is 19.9 Å². The lowest BCUT2D eigenvalue weighted by atomic mass is 9.71. The van der Waals surface area contributed by atoms with Crippen LogP contribution in [0.5, 0.6) is 5.75 Å². The molecule has 2 aromatic carbocycles. The summed E-state index contributed by atoms with van der Waals surface area (Å²) >= 11 is 7.97. The third-order valence-corrected chi connectivity index (χ3v) is 15.3. The Morgan fingerprint density at radius 2 is 1.71 bits per heavy atom. The summed E-state index contributed by atoms with van der Waals surface area (Å²) in [6, 6.07) is 17.7. The number of carbonyl (C=O) groups is 1. The number of ether oxygens (including phenoxy) is 1. The number of halogens is 1. The van der Waals surface area contributed by atoms with Crippen molar-refractivity contribution in [2.75, 3.05) is 36.0 Å². The fraction of sp³-hybridized carbons (Fsp3) is 0.404. The maximum absolute atomic E-state index is 13.9. The van der Waals surface area contributed by atoms with Crippen molar-refractivity contribution in [3.05, 3.63) is 123 Å². The summed E-state index contributed by atoms with van der Waals surface area (Å²) in [4.78, 5) is 29.8. The Balaban J connectivity index is 0.824. The van der Waals surface area contributed by atoms with E-state index >= 15 is 0 Å². The molecule has 2 saturated heterocycles. The molecule has 6 aromatic rings. The van der Waals surface area contributed by atoms with Gasteiger partial charge in [0.25, 0.3) is 5.91 Å². The minimum Gasteiger partial charge on any atom is -0.490 e. The van der Waals surface area contributed by atoms with Gasteiger partial charge in [-0.1, -0.05) is 37.6 Å². The predicted molar refractivity (Wildman–Crippen MR) is 241 cm³/mol. The van der Waals surface area contributed by atoms with E-state index < -0.39 is 0 Å². The summed E-state index contributed by atoms with van der Waals surface area (Å²) in [6.45, 7) is 14.4. The molecule has 0 radical (unpaired) electrons. The van der Waals surface area contributed by atoms with E-state index in [4.69, 9.17) is 25.7 Å². The Morgan fingerprint density at radius 3 is 2.41 bits per heavy atom. The molecule has 3 aliphatic heterocycles. The first-order chi connectivity index (χ1) is 30.4. The highest BCUT2D eigenvalue weighted by molar-refractivity contribution is 7.15. The van der Waals surface area contributed by atoms with Crippen molar-refractivity contribution in [3.63, 3.8) is 0 Å². The van der Waals surface area contributed by atoms with E-state index in [9.17, 15) is 10.1 Å². The van der Waals surface area contributed by atoms with E-state index in [1.54, 1.807) is 48.2 Å².